The topological polar surface area (TPSA) is 127 Å². The van der Waals surface area contributed by atoms with Gasteiger partial charge >= 0.3 is 0 Å². The van der Waals surface area contributed by atoms with Crippen molar-refractivity contribution in [3.8, 4) is 0 Å². The fourth-order valence-corrected chi connectivity index (χ4v) is 2.15. The van der Waals surface area contributed by atoms with Gasteiger partial charge in [0.05, 0.1) is 0 Å². The van der Waals surface area contributed by atoms with Crippen LogP contribution in [0.5, 0.6) is 0 Å². The van der Waals surface area contributed by atoms with Crippen LogP contribution in [-0.4, -0.2) is 30.3 Å². The number of amides is 3. The van der Waals surface area contributed by atoms with Gasteiger partial charge in [-0.3, -0.25) is 14.4 Å². The summed E-state index contributed by atoms with van der Waals surface area (Å²) in [6.45, 7) is 2.21. The molecule has 23 heavy (non-hydrogen) atoms. The average molecular weight is 320 g/mol. The number of carbonyl (C=O) groups is 3. The van der Waals surface area contributed by atoms with Crippen molar-refractivity contribution in [2.75, 3.05) is 6.54 Å². The van der Waals surface area contributed by atoms with E-state index in [9.17, 15) is 14.4 Å². The number of hydrogen-bond acceptors (Lipinski definition) is 4. The molecule has 1 rings (SSSR count). The Balaban J connectivity index is 2.32. The van der Waals surface area contributed by atoms with Gasteiger partial charge in [0.25, 0.3) is 5.91 Å². The van der Waals surface area contributed by atoms with Crippen LogP contribution in [0, 0.1) is 0 Å². The second-order valence-corrected chi connectivity index (χ2v) is 5.31. The molecule has 1 aromatic carbocycles. The summed E-state index contributed by atoms with van der Waals surface area (Å²) in [5, 5.41) is 5.32. The predicted molar refractivity (Wildman–Crippen MR) is 87.3 cm³/mol. The molecular weight excluding hydrogens is 296 g/mol. The molecular formula is C16H24N4O3. The first-order valence-electron chi connectivity index (χ1n) is 7.57. The van der Waals surface area contributed by atoms with Gasteiger partial charge in [0.2, 0.25) is 11.8 Å². The van der Waals surface area contributed by atoms with Gasteiger partial charge in [0.1, 0.15) is 6.04 Å². The molecule has 0 aliphatic rings. The molecule has 0 radical (unpaired) electrons. The molecule has 0 aliphatic carbocycles. The van der Waals surface area contributed by atoms with E-state index >= 15 is 0 Å². The number of hydrogen-bond donors (Lipinski definition) is 4. The van der Waals surface area contributed by atoms with Gasteiger partial charge in [-0.15, -0.1) is 0 Å². The monoisotopic (exact) mass is 320 g/mol. The number of benzene rings is 1. The van der Waals surface area contributed by atoms with Crippen LogP contribution < -0.4 is 22.1 Å². The molecule has 0 fully saturated rings. The molecule has 0 saturated carbocycles. The molecule has 7 nitrogen and oxygen atoms in total. The first kappa shape index (κ1) is 18.6. The van der Waals surface area contributed by atoms with Gasteiger partial charge in [-0.2, -0.15) is 0 Å². The number of unbranched alkanes of at least 4 members (excludes halogenated alkanes) is 1. The molecule has 0 heterocycles. The molecule has 6 N–H and O–H groups in total. The summed E-state index contributed by atoms with van der Waals surface area (Å²) in [6, 6.07) is 6.48. The third kappa shape index (κ3) is 6.92. The number of nitrogens with one attached hydrogen (secondary N) is 2. The highest BCUT2D eigenvalue weighted by atomic mass is 16.2. The molecule has 0 aliphatic heterocycles. The zero-order valence-corrected chi connectivity index (χ0v) is 13.3. The predicted octanol–water partition coefficient (Wildman–Crippen LogP) is 0.0354. The number of nitrogens with two attached hydrogens (primary N) is 2. The SMILES string of the molecule is CC(=O)NC(CCCCNC(=O)c1cccc(CN)c1)C(N)=O. The molecule has 1 unspecified atom stereocenters. The minimum atomic E-state index is -0.663. The summed E-state index contributed by atoms with van der Waals surface area (Å²) in [7, 11) is 0. The Bertz CT molecular complexity index is 560. The summed E-state index contributed by atoms with van der Waals surface area (Å²) in [5.74, 6) is -1.00. The van der Waals surface area contributed by atoms with Gasteiger partial charge in [-0.25, -0.2) is 0 Å². The Kier molecular flexibility index (Phi) is 7.76. The normalized spacial score (nSPS) is 11.6. The lowest BCUT2D eigenvalue weighted by Gasteiger charge is -2.14. The van der Waals surface area contributed by atoms with E-state index in [2.05, 4.69) is 10.6 Å². The zero-order valence-electron chi connectivity index (χ0n) is 13.3. The summed E-state index contributed by atoms with van der Waals surface area (Å²) in [4.78, 5) is 34.1. The molecule has 0 bridgehead atoms. The van der Waals surface area contributed by atoms with Crippen molar-refractivity contribution in [3.63, 3.8) is 0 Å². The van der Waals surface area contributed by atoms with Gasteiger partial charge in [0.15, 0.2) is 0 Å². The Morgan fingerprint density at radius 1 is 1.22 bits per heavy atom. The smallest absolute Gasteiger partial charge is 0.251 e. The van der Waals surface area contributed by atoms with Crippen LogP contribution in [0.1, 0.15) is 42.1 Å². The molecule has 1 aromatic rings. The van der Waals surface area contributed by atoms with Crippen LogP contribution in [0.25, 0.3) is 0 Å². The minimum Gasteiger partial charge on any atom is -0.368 e. The van der Waals surface area contributed by atoms with E-state index in [4.69, 9.17) is 11.5 Å². The summed E-state index contributed by atoms with van der Waals surface area (Å²) in [6.07, 6.45) is 1.80. The van der Waals surface area contributed by atoms with E-state index in [0.29, 0.717) is 37.9 Å². The molecule has 7 heteroatoms. The van der Waals surface area contributed by atoms with Crippen molar-refractivity contribution in [1.82, 2.24) is 10.6 Å². The third-order valence-corrected chi connectivity index (χ3v) is 3.35. The van der Waals surface area contributed by atoms with Crippen molar-refractivity contribution in [2.24, 2.45) is 11.5 Å². The van der Waals surface area contributed by atoms with Crippen molar-refractivity contribution in [3.05, 3.63) is 35.4 Å². The van der Waals surface area contributed by atoms with Gasteiger partial charge in [-0.1, -0.05) is 12.1 Å². The standard InChI is InChI=1S/C16H24N4O3/c1-11(21)20-14(15(18)22)7-2-3-8-19-16(23)13-6-4-5-12(9-13)10-17/h4-6,9,14H,2-3,7-8,10,17H2,1H3,(H2,18,22)(H,19,23)(H,20,21). The summed E-state index contributed by atoms with van der Waals surface area (Å²) >= 11 is 0. The first-order valence-corrected chi connectivity index (χ1v) is 7.57. The highest BCUT2D eigenvalue weighted by molar-refractivity contribution is 5.94. The highest BCUT2D eigenvalue weighted by Gasteiger charge is 2.15. The van der Waals surface area contributed by atoms with Crippen LogP contribution in [-0.2, 0) is 16.1 Å². The van der Waals surface area contributed by atoms with Crippen molar-refractivity contribution in [2.45, 2.75) is 38.8 Å². The lowest BCUT2D eigenvalue weighted by molar-refractivity contribution is -0.126. The van der Waals surface area contributed by atoms with E-state index in [1.165, 1.54) is 6.92 Å². The van der Waals surface area contributed by atoms with Crippen molar-refractivity contribution >= 4 is 17.7 Å². The van der Waals surface area contributed by atoms with Crippen LogP contribution in [0.15, 0.2) is 24.3 Å². The number of rotatable bonds is 9. The fourth-order valence-electron chi connectivity index (χ4n) is 2.15. The lowest BCUT2D eigenvalue weighted by atomic mass is 10.1. The second-order valence-electron chi connectivity index (χ2n) is 5.31. The summed E-state index contributed by atoms with van der Waals surface area (Å²) < 4.78 is 0. The Labute approximate surface area is 135 Å². The van der Waals surface area contributed by atoms with Gasteiger partial charge in [-0.05, 0) is 37.0 Å². The molecule has 3 amide bonds. The quantitative estimate of drug-likeness (QED) is 0.479. The molecule has 0 spiro atoms. The molecule has 0 aromatic heterocycles. The van der Waals surface area contributed by atoms with E-state index < -0.39 is 11.9 Å². The van der Waals surface area contributed by atoms with Crippen LogP contribution in [0.2, 0.25) is 0 Å². The van der Waals surface area contributed by atoms with E-state index in [1.54, 1.807) is 18.2 Å². The van der Waals surface area contributed by atoms with Crippen LogP contribution in [0.4, 0.5) is 0 Å². The summed E-state index contributed by atoms with van der Waals surface area (Å²) in [5.41, 5.74) is 12.2. The molecule has 126 valence electrons. The third-order valence-electron chi connectivity index (χ3n) is 3.35. The highest BCUT2D eigenvalue weighted by Crippen LogP contribution is 2.05. The maximum absolute atomic E-state index is 12.0. The average Bonchev–Trinajstić information content (AvgIpc) is 2.52. The van der Waals surface area contributed by atoms with Gasteiger partial charge in [0, 0.05) is 25.6 Å². The second kappa shape index (κ2) is 9.58. The van der Waals surface area contributed by atoms with Crippen molar-refractivity contribution in [1.29, 1.82) is 0 Å². The lowest BCUT2D eigenvalue weighted by Crippen LogP contribution is -2.43. The fraction of sp³-hybridized carbons (Fsp3) is 0.438. The maximum atomic E-state index is 12.0. The Hall–Kier alpha value is -2.41. The van der Waals surface area contributed by atoms with Gasteiger partial charge < -0.3 is 22.1 Å². The van der Waals surface area contributed by atoms with Crippen LogP contribution >= 0.6 is 0 Å². The van der Waals surface area contributed by atoms with Crippen molar-refractivity contribution < 1.29 is 14.4 Å². The maximum Gasteiger partial charge on any atom is 0.251 e. The number of primary amides is 1. The minimum absolute atomic E-state index is 0.159. The largest absolute Gasteiger partial charge is 0.368 e. The zero-order chi connectivity index (χ0) is 17.2. The molecule has 0 saturated heterocycles. The van der Waals surface area contributed by atoms with Crippen LogP contribution in [0.3, 0.4) is 0 Å². The van der Waals surface area contributed by atoms with E-state index in [0.717, 1.165) is 5.56 Å². The van der Waals surface area contributed by atoms with E-state index in [1.807, 2.05) is 6.07 Å². The Morgan fingerprint density at radius 3 is 2.57 bits per heavy atom. The Morgan fingerprint density at radius 2 is 1.96 bits per heavy atom. The number of carbonyl (C=O) groups excluding carboxylic acids is 3. The molecule has 1 atom stereocenters. The van der Waals surface area contributed by atoms with E-state index in [-0.39, 0.29) is 11.8 Å². The first-order chi connectivity index (χ1) is 10.9.